The lowest BCUT2D eigenvalue weighted by molar-refractivity contribution is -0.124. The number of amides is 2. The standard InChI is InChI=1S/C8H15ClN2O4/c1-14-6-7(12)10-3-4-11-8(13)15-5-2-9/h2-6H2,1H3,(H,10,12)(H,11,13). The van der Waals surface area contributed by atoms with Gasteiger partial charge in [-0.05, 0) is 0 Å². The maximum atomic E-state index is 10.9. The van der Waals surface area contributed by atoms with E-state index in [9.17, 15) is 9.59 Å². The van der Waals surface area contributed by atoms with Crippen LogP contribution in [0.3, 0.4) is 0 Å². The molecule has 0 aromatic rings. The van der Waals surface area contributed by atoms with Gasteiger partial charge in [0.1, 0.15) is 13.2 Å². The summed E-state index contributed by atoms with van der Waals surface area (Å²) in [5.74, 6) is 0.0336. The Morgan fingerprint density at radius 3 is 2.53 bits per heavy atom. The van der Waals surface area contributed by atoms with Crippen molar-refractivity contribution in [2.24, 2.45) is 0 Å². The van der Waals surface area contributed by atoms with Crippen LogP contribution in [0.5, 0.6) is 0 Å². The second kappa shape index (κ2) is 9.54. The van der Waals surface area contributed by atoms with Crippen molar-refractivity contribution in [1.29, 1.82) is 0 Å². The molecule has 0 aliphatic carbocycles. The largest absolute Gasteiger partial charge is 0.448 e. The summed E-state index contributed by atoms with van der Waals surface area (Å²) in [6, 6.07) is 0. The molecule has 0 fully saturated rings. The van der Waals surface area contributed by atoms with Crippen molar-refractivity contribution in [3.05, 3.63) is 0 Å². The molecule has 0 aromatic carbocycles. The van der Waals surface area contributed by atoms with Crippen molar-refractivity contribution in [3.63, 3.8) is 0 Å². The van der Waals surface area contributed by atoms with Gasteiger partial charge >= 0.3 is 6.09 Å². The lowest BCUT2D eigenvalue weighted by Crippen LogP contribution is -2.36. The van der Waals surface area contributed by atoms with E-state index in [1.165, 1.54) is 7.11 Å². The quantitative estimate of drug-likeness (QED) is 0.472. The van der Waals surface area contributed by atoms with Crippen LogP contribution in [-0.4, -0.2) is 51.3 Å². The first-order valence-corrected chi connectivity index (χ1v) is 4.96. The van der Waals surface area contributed by atoms with Gasteiger partial charge in [-0.25, -0.2) is 4.79 Å². The first kappa shape index (κ1) is 14.0. The van der Waals surface area contributed by atoms with Crippen LogP contribution < -0.4 is 10.6 Å². The minimum Gasteiger partial charge on any atom is -0.448 e. The first-order chi connectivity index (χ1) is 7.20. The Labute approximate surface area is 93.2 Å². The van der Waals surface area contributed by atoms with E-state index in [-0.39, 0.29) is 25.0 Å². The molecule has 0 aliphatic rings. The number of alkyl carbamates (subject to hydrolysis) is 1. The third-order valence-electron chi connectivity index (χ3n) is 1.30. The monoisotopic (exact) mass is 238 g/mol. The zero-order chi connectivity index (χ0) is 11.5. The molecule has 0 unspecified atom stereocenters. The van der Waals surface area contributed by atoms with Gasteiger partial charge < -0.3 is 20.1 Å². The number of halogens is 1. The van der Waals surface area contributed by atoms with Crippen LogP contribution in [0.25, 0.3) is 0 Å². The summed E-state index contributed by atoms with van der Waals surface area (Å²) in [5, 5.41) is 4.97. The maximum Gasteiger partial charge on any atom is 0.407 e. The fourth-order valence-electron chi connectivity index (χ4n) is 0.731. The van der Waals surface area contributed by atoms with E-state index in [0.717, 1.165) is 0 Å². The van der Waals surface area contributed by atoms with E-state index < -0.39 is 6.09 Å². The highest BCUT2D eigenvalue weighted by Gasteiger charge is 2.01. The molecule has 0 saturated heterocycles. The third kappa shape index (κ3) is 9.30. The molecule has 15 heavy (non-hydrogen) atoms. The predicted molar refractivity (Wildman–Crippen MR) is 55.0 cm³/mol. The Morgan fingerprint density at radius 1 is 1.27 bits per heavy atom. The summed E-state index contributed by atoms with van der Waals surface area (Å²) in [7, 11) is 1.43. The van der Waals surface area contributed by atoms with Gasteiger partial charge in [-0.3, -0.25) is 4.79 Å². The summed E-state index contributed by atoms with van der Waals surface area (Å²) in [6.45, 7) is 0.814. The Balaban J connectivity index is 3.30. The van der Waals surface area contributed by atoms with Crippen molar-refractivity contribution in [3.8, 4) is 0 Å². The number of alkyl halides is 1. The molecule has 0 aliphatic heterocycles. The fraction of sp³-hybridized carbons (Fsp3) is 0.750. The topological polar surface area (TPSA) is 76.7 Å². The van der Waals surface area contributed by atoms with E-state index in [1.54, 1.807) is 0 Å². The summed E-state index contributed by atoms with van der Waals surface area (Å²) in [4.78, 5) is 21.7. The number of methoxy groups -OCH3 is 1. The number of hydrogen-bond acceptors (Lipinski definition) is 4. The SMILES string of the molecule is COCC(=O)NCCNC(=O)OCCCl. The zero-order valence-corrected chi connectivity index (χ0v) is 9.30. The van der Waals surface area contributed by atoms with Crippen molar-refractivity contribution in [2.45, 2.75) is 0 Å². The van der Waals surface area contributed by atoms with Crippen LogP contribution in [0, 0.1) is 0 Å². The van der Waals surface area contributed by atoms with E-state index in [2.05, 4.69) is 20.1 Å². The van der Waals surface area contributed by atoms with Crippen LogP contribution in [0.4, 0.5) is 4.79 Å². The van der Waals surface area contributed by atoms with E-state index in [1.807, 2.05) is 0 Å². The Morgan fingerprint density at radius 2 is 1.93 bits per heavy atom. The number of nitrogens with one attached hydrogen (secondary N) is 2. The van der Waals surface area contributed by atoms with Gasteiger partial charge in [0.2, 0.25) is 5.91 Å². The minimum atomic E-state index is -0.545. The molecule has 2 amide bonds. The molecule has 2 N–H and O–H groups in total. The smallest absolute Gasteiger partial charge is 0.407 e. The normalized spacial score (nSPS) is 9.47. The maximum absolute atomic E-state index is 10.9. The van der Waals surface area contributed by atoms with Crippen LogP contribution in [0.1, 0.15) is 0 Å². The first-order valence-electron chi connectivity index (χ1n) is 4.43. The number of carbonyl (C=O) groups is 2. The zero-order valence-electron chi connectivity index (χ0n) is 8.55. The van der Waals surface area contributed by atoms with Gasteiger partial charge in [0.15, 0.2) is 0 Å². The molecule has 0 heterocycles. The lowest BCUT2D eigenvalue weighted by Gasteiger charge is -2.06. The molecule has 6 nitrogen and oxygen atoms in total. The predicted octanol–water partition coefficient (Wildman–Crippen LogP) is -0.286. The summed E-state index contributed by atoms with van der Waals surface area (Å²) < 4.78 is 9.22. The van der Waals surface area contributed by atoms with Gasteiger partial charge in [-0.2, -0.15) is 0 Å². The summed E-state index contributed by atoms with van der Waals surface area (Å²) >= 11 is 5.31. The molecule has 0 radical (unpaired) electrons. The number of carbonyl (C=O) groups excluding carboxylic acids is 2. The van der Waals surface area contributed by atoms with Crippen molar-refractivity contribution >= 4 is 23.6 Å². The van der Waals surface area contributed by atoms with E-state index >= 15 is 0 Å². The van der Waals surface area contributed by atoms with Gasteiger partial charge in [0.25, 0.3) is 0 Å². The molecular formula is C8H15ClN2O4. The Kier molecular flexibility index (Phi) is 8.90. The highest BCUT2D eigenvalue weighted by atomic mass is 35.5. The van der Waals surface area contributed by atoms with Crippen LogP contribution >= 0.6 is 11.6 Å². The number of rotatable bonds is 7. The fourth-order valence-corrected chi connectivity index (χ4v) is 0.808. The lowest BCUT2D eigenvalue weighted by atomic mass is 10.5. The second-order valence-corrected chi connectivity index (χ2v) is 2.91. The minimum absolute atomic E-state index is 0.0106. The van der Waals surface area contributed by atoms with Crippen molar-refractivity contribution < 1.29 is 19.1 Å². The van der Waals surface area contributed by atoms with Gasteiger partial charge in [0, 0.05) is 20.2 Å². The highest BCUT2D eigenvalue weighted by Crippen LogP contribution is 1.80. The highest BCUT2D eigenvalue weighted by molar-refractivity contribution is 6.18. The van der Waals surface area contributed by atoms with E-state index in [4.69, 9.17) is 11.6 Å². The van der Waals surface area contributed by atoms with Crippen LogP contribution in [0.15, 0.2) is 0 Å². The molecule has 0 bridgehead atoms. The third-order valence-corrected chi connectivity index (χ3v) is 1.46. The molecule has 0 spiro atoms. The molecule has 88 valence electrons. The van der Waals surface area contributed by atoms with Crippen LogP contribution in [0.2, 0.25) is 0 Å². The molecule has 7 heteroatoms. The van der Waals surface area contributed by atoms with Crippen LogP contribution in [-0.2, 0) is 14.3 Å². The van der Waals surface area contributed by atoms with Crippen molar-refractivity contribution in [2.75, 3.05) is 39.3 Å². The van der Waals surface area contributed by atoms with Gasteiger partial charge in [-0.15, -0.1) is 11.6 Å². The van der Waals surface area contributed by atoms with Gasteiger partial charge in [-0.1, -0.05) is 0 Å². The van der Waals surface area contributed by atoms with E-state index in [0.29, 0.717) is 13.1 Å². The van der Waals surface area contributed by atoms with Gasteiger partial charge in [0.05, 0.1) is 5.88 Å². The molecule has 0 saturated carbocycles. The Hall–Kier alpha value is -1.01. The number of hydrogen-bond donors (Lipinski definition) is 2. The number of ether oxygens (including phenoxy) is 2. The summed E-state index contributed by atoms with van der Waals surface area (Å²) in [5.41, 5.74) is 0. The average Bonchev–Trinajstić information content (AvgIpc) is 2.22. The molecule has 0 atom stereocenters. The summed E-state index contributed by atoms with van der Waals surface area (Å²) in [6.07, 6.45) is -0.545. The molecule has 0 aromatic heterocycles. The molecule has 0 rings (SSSR count). The average molecular weight is 239 g/mol. The molecular weight excluding hydrogens is 224 g/mol. The van der Waals surface area contributed by atoms with Crippen molar-refractivity contribution in [1.82, 2.24) is 10.6 Å². The Bertz CT molecular complexity index is 201. The second-order valence-electron chi connectivity index (χ2n) is 2.53.